The molecule has 1 fully saturated rings. The Labute approximate surface area is 195 Å². The van der Waals surface area contributed by atoms with Gasteiger partial charge in [-0.3, -0.25) is 4.90 Å². The second-order valence-corrected chi connectivity index (χ2v) is 9.84. The first-order valence-corrected chi connectivity index (χ1v) is 12.6. The predicted molar refractivity (Wildman–Crippen MR) is 137 cm³/mol. The molecule has 156 valence electrons. The van der Waals surface area contributed by atoms with Crippen LogP contribution in [0.2, 0.25) is 0 Å². The van der Waals surface area contributed by atoms with Crippen molar-refractivity contribution in [1.29, 1.82) is 0 Å². The third-order valence-corrected chi connectivity index (χ3v) is 7.77. The number of hydrogen-bond acceptors (Lipinski definition) is 1. The van der Waals surface area contributed by atoms with Crippen LogP contribution in [0.25, 0.3) is 0 Å². The summed E-state index contributed by atoms with van der Waals surface area (Å²) in [4.78, 5) is 2.74. The van der Waals surface area contributed by atoms with Crippen molar-refractivity contribution in [1.82, 2.24) is 4.90 Å². The molecule has 1 atom stereocenters. The molecule has 1 heterocycles. The topological polar surface area (TPSA) is 3.24 Å². The van der Waals surface area contributed by atoms with E-state index in [0.29, 0.717) is 12.0 Å². The fourth-order valence-electron chi connectivity index (χ4n) is 4.90. The molecule has 3 aromatic carbocycles. The Kier molecular flexibility index (Phi) is 6.94. The zero-order valence-corrected chi connectivity index (χ0v) is 20.3. The van der Waals surface area contributed by atoms with Crippen molar-refractivity contribution < 1.29 is 0 Å². The van der Waals surface area contributed by atoms with Crippen molar-refractivity contribution in [2.24, 2.45) is 0 Å². The maximum absolute atomic E-state index is 2.74. The van der Waals surface area contributed by atoms with Gasteiger partial charge in [-0.2, -0.15) is 0 Å². The molecule has 30 heavy (non-hydrogen) atoms. The Morgan fingerprint density at radius 2 is 1.43 bits per heavy atom. The number of likely N-dealkylation sites (tertiary alicyclic amines) is 1. The van der Waals surface area contributed by atoms with Crippen LogP contribution in [0.1, 0.15) is 54.9 Å². The lowest BCUT2D eigenvalue weighted by molar-refractivity contribution is 0.110. The number of halogens is 1. The van der Waals surface area contributed by atoms with Crippen molar-refractivity contribution in [3.8, 4) is 0 Å². The van der Waals surface area contributed by atoms with E-state index >= 15 is 0 Å². The first kappa shape index (κ1) is 21.6. The van der Waals surface area contributed by atoms with Gasteiger partial charge in [0.1, 0.15) is 0 Å². The SMILES string of the molecule is CC(C)c1ccc(CN2CC(c3ccccc3)(c3ccccc3)CCC2CI)cc1. The van der Waals surface area contributed by atoms with E-state index in [9.17, 15) is 0 Å². The molecular formula is C28H32IN. The summed E-state index contributed by atoms with van der Waals surface area (Å²) in [6, 6.07) is 32.3. The number of hydrogen-bond donors (Lipinski definition) is 0. The summed E-state index contributed by atoms with van der Waals surface area (Å²) < 4.78 is 1.18. The summed E-state index contributed by atoms with van der Waals surface area (Å²) in [5.74, 6) is 0.583. The molecule has 0 bridgehead atoms. The lowest BCUT2D eigenvalue weighted by Gasteiger charge is -2.47. The van der Waals surface area contributed by atoms with Crippen LogP contribution in [-0.4, -0.2) is 21.9 Å². The Balaban J connectivity index is 1.68. The average molecular weight is 509 g/mol. The van der Waals surface area contributed by atoms with Gasteiger partial charge in [0.25, 0.3) is 0 Å². The van der Waals surface area contributed by atoms with Crippen molar-refractivity contribution in [3.63, 3.8) is 0 Å². The maximum atomic E-state index is 2.74. The third-order valence-electron chi connectivity index (χ3n) is 6.76. The predicted octanol–water partition coefficient (Wildman–Crippen LogP) is 7.20. The van der Waals surface area contributed by atoms with Crippen molar-refractivity contribution in [2.45, 2.75) is 50.6 Å². The summed E-state index contributed by atoms with van der Waals surface area (Å²) in [6.45, 7) is 6.62. The van der Waals surface area contributed by atoms with E-state index in [1.807, 2.05) is 0 Å². The minimum atomic E-state index is 0.0582. The van der Waals surface area contributed by atoms with Crippen LogP contribution in [0.3, 0.4) is 0 Å². The zero-order valence-electron chi connectivity index (χ0n) is 18.1. The molecule has 0 amide bonds. The maximum Gasteiger partial charge on any atom is 0.0330 e. The second-order valence-electron chi connectivity index (χ2n) is 8.96. The smallest absolute Gasteiger partial charge is 0.0330 e. The van der Waals surface area contributed by atoms with Gasteiger partial charge in [-0.15, -0.1) is 0 Å². The van der Waals surface area contributed by atoms with Crippen molar-refractivity contribution in [3.05, 3.63) is 107 Å². The van der Waals surface area contributed by atoms with Crippen LogP contribution in [0.4, 0.5) is 0 Å². The van der Waals surface area contributed by atoms with Gasteiger partial charge in [0.2, 0.25) is 0 Å². The van der Waals surface area contributed by atoms with E-state index in [-0.39, 0.29) is 5.41 Å². The number of piperidine rings is 1. The van der Waals surface area contributed by atoms with Gasteiger partial charge < -0.3 is 0 Å². The summed E-state index contributed by atoms with van der Waals surface area (Å²) in [6.07, 6.45) is 2.44. The quantitative estimate of drug-likeness (QED) is 0.251. The standard InChI is InChI=1S/C28H32IN/c1-22(2)24-15-13-23(14-16-24)20-30-21-28(18-17-27(30)19-29,25-9-5-3-6-10-25)26-11-7-4-8-12-26/h3-16,22,27H,17-21H2,1-2H3. The summed E-state index contributed by atoms with van der Waals surface area (Å²) >= 11 is 2.58. The Hall–Kier alpha value is -1.65. The molecule has 1 nitrogen and oxygen atoms in total. The first-order chi connectivity index (χ1) is 14.6. The number of rotatable bonds is 6. The van der Waals surface area contributed by atoms with Crippen molar-refractivity contribution >= 4 is 22.6 Å². The van der Waals surface area contributed by atoms with E-state index in [2.05, 4.69) is 126 Å². The summed E-state index contributed by atoms with van der Waals surface area (Å²) in [7, 11) is 0. The molecule has 1 aliphatic rings. The van der Waals surface area contributed by atoms with Crippen LogP contribution in [0.15, 0.2) is 84.9 Å². The minimum absolute atomic E-state index is 0.0582. The molecule has 0 aromatic heterocycles. The highest BCUT2D eigenvalue weighted by atomic mass is 127. The van der Waals surface area contributed by atoms with E-state index < -0.39 is 0 Å². The monoisotopic (exact) mass is 509 g/mol. The van der Waals surface area contributed by atoms with Crippen molar-refractivity contribution in [2.75, 3.05) is 11.0 Å². The molecule has 2 heteroatoms. The van der Waals surface area contributed by atoms with Gasteiger partial charge in [-0.25, -0.2) is 0 Å². The second kappa shape index (κ2) is 9.65. The molecule has 1 unspecified atom stereocenters. The average Bonchev–Trinajstić information content (AvgIpc) is 2.80. The number of alkyl halides is 1. The fraction of sp³-hybridized carbons (Fsp3) is 0.357. The highest BCUT2D eigenvalue weighted by Gasteiger charge is 2.41. The van der Waals surface area contributed by atoms with Crippen LogP contribution < -0.4 is 0 Å². The molecule has 3 aromatic rings. The molecule has 1 saturated heterocycles. The van der Waals surface area contributed by atoms with Gasteiger partial charge in [-0.1, -0.05) is 121 Å². The summed E-state index contributed by atoms with van der Waals surface area (Å²) in [5.41, 5.74) is 5.80. The third kappa shape index (κ3) is 4.50. The first-order valence-electron chi connectivity index (χ1n) is 11.1. The van der Waals surface area contributed by atoms with E-state index in [1.54, 1.807) is 0 Å². The van der Waals surface area contributed by atoms with Crippen LogP contribution >= 0.6 is 22.6 Å². The molecule has 0 radical (unpaired) electrons. The molecule has 0 N–H and O–H groups in total. The Morgan fingerprint density at radius 1 is 0.867 bits per heavy atom. The van der Waals surface area contributed by atoms with E-state index in [1.165, 1.54) is 39.5 Å². The number of benzene rings is 3. The molecule has 0 saturated carbocycles. The zero-order chi connectivity index (χ0) is 21.0. The van der Waals surface area contributed by atoms with Crippen LogP contribution in [0, 0.1) is 0 Å². The fourth-order valence-corrected chi connectivity index (χ4v) is 5.90. The van der Waals surface area contributed by atoms with E-state index in [4.69, 9.17) is 0 Å². The molecule has 0 spiro atoms. The molecular weight excluding hydrogens is 477 g/mol. The lowest BCUT2D eigenvalue weighted by atomic mass is 9.68. The highest BCUT2D eigenvalue weighted by molar-refractivity contribution is 14.1. The van der Waals surface area contributed by atoms with Gasteiger partial charge >= 0.3 is 0 Å². The molecule has 1 aliphatic heterocycles. The van der Waals surface area contributed by atoms with Gasteiger partial charge in [-0.05, 0) is 41.0 Å². The number of nitrogens with zero attached hydrogens (tertiary/aromatic N) is 1. The van der Waals surface area contributed by atoms with Gasteiger partial charge in [0, 0.05) is 29.0 Å². The van der Waals surface area contributed by atoms with Crippen LogP contribution in [0.5, 0.6) is 0 Å². The Bertz CT molecular complexity index is 878. The normalized spacial score (nSPS) is 19.1. The molecule has 0 aliphatic carbocycles. The summed E-state index contributed by atoms with van der Waals surface area (Å²) in [5, 5.41) is 0. The van der Waals surface area contributed by atoms with Crippen LogP contribution in [-0.2, 0) is 12.0 Å². The minimum Gasteiger partial charge on any atom is -0.294 e. The van der Waals surface area contributed by atoms with Gasteiger partial charge in [0.15, 0.2) is 0 Å². The lowest BCUT2D eigenvalue weighted by Crippen LogP contribution is -2.51. The molecule has 4 rings (SSSR count). The van der Waals surface area contributed by atoms with Gasteiger partial charge in [0.05, 0.1) is 0 Å². The Morgan fingerprint density at radius 3 is 1.93 bits per heavy atom. The largest absolute Gasteiger partial charge is 0.294 e. The highest BCUT2D eigenvalue weighted by Crippen LogP contribution is 2.42. The van der Waals surface area contributed by atoms with E-state index in [0.717, 1.165) is 13.1 Å².